The number of halogens is 1. The van der Waals surface area contributed by atoms with Crippen LogP contribution in [0.15, 0.2) is 41.8 Å². The number of pyridine rings is 1. The van der Waals surface area contributed by atoms with Crippen LogP contribution in [0.25, 0.3) is 0 Å². The van der Waals surface area contributed by atoms with Gasteiger partial charge in [-0.1, -0.05) is 23.7 Å². The van der Waals surface area contributed by atoms with Crippen molar-refractivity contribution in [3.63, 3.8) is 0 Å². The Balaban J connectivity index is 1.47. The second kappa shape index (κ2) is 9.25. The summed E-state index contributed by atoms with van der Waals surface area (Å²) in [5, 5.41) is 3.67. The fraction of sp³-hybridized carbons (Fsp3) is 0.348. The Bertz CT molecular complexity index is 1050. The predicted octanol–water partition coefficient (Wildman–Crippen LogP) is 4.54. The normalized spacial score (nSPS) is 16.6. The third-order valence-corrected chi connectivity index (χ3v) is 6.14. The lowest BCUT2D eigenvalue weighted by Gasteiger charge is -2.33. The van der Waals surface area contributed by atoms with Crippen LogP contribution < -0.4 is 0 Å². The van der Waals surface area contributed by atoms with E-state index in [-0.39, 0.29) is 12.0 Å². The van der Waals surface area contributed by atoms with Gasteiger partial charge >= 0.3 is 0 Å². The molecule has 2 aromatic heterocycles. The molecule has 1 amide bonds. The van der Waals surface area contributed by atoms with Gasteiger partial charge in [0.25, 0.3) is 0 Å². The lowest BCUT2D eigenvalue weighted by molar-refractivity contribution is -0.138. The molecule has 0 N–H and O–H groups in total. The number of aryl methyl sites for hydroxylation is 2. The quantitative estimate of drug-likeness (QED) is 0.583. The lowest BCUT2D eigenvalue weighted by Crippen LogP contribution is -2.43. The van der Waals surface area contributed by atoms with Gasteiger partial charge in [0, 0.05) is 22.6 Å². The molecule has 4 rings (SSSR count). The topological polar surface area (TPSA) is 55.3 Å². The molecule has 7 heteroatoms. The highest BCUT2D eigenvalue weighted by Gasteiger charge is 2.27. The van der Waals surface area contributed by atoms with E-state index in [4.69, 9.17) is 21.3 Å². The summed E-state index contributed by atoms with van der Waals surface area (Å²) in [7, 11) is 0. The average Bonchev–Trinajstić information content (AvgIpc) is 3.12. The summed E-state index contributed by atoms with van der Waals surface area (Å²) in [6.07, 6.45) is 0.881. The fourth-order valence-electron chi connectivity index (χ4n) is 3.73. The zero-order chi connectivity index (χ0) is 21.1. The highest BCUT2D eigenvalue weighted by Crippen LogP contribution is 2.24. The number of amides is 1. The van der Waals surface area contributed by atoms with Gasteiger partial charge in [0.2, 0.25) is 5.91 Å². The Hall–Kier alpha value is -2.28. The predicted molar refractivity (Wildman–Crippen MR) is 119 cm³/mol. The van der Waals surface area contributed by atoms with E-state index in [2.05, 4.69) is 23.2 Å². The molecule has 5 nitrogen and oxygen atoms in total. The lowest BCUT2D eigenvalue weighted by atomic mass is 10.0. The van der Waals surface area contributed by atoms with Gasteiger partial charge in [0.1, 0.15) is 6.10 Å². The van der Waals surface area contributed by atoms with Crippen molar-refractivity contribution in [2.75, 3.05) is 19.7 Å². The smallest absolute Gasteiger partial charge is 0.228 e. The molecule has 1 aliphatic rings. The van der Waals surface area contributed by atoms with Crippen LogP contribution in [0.3, 0.4) is 0 Å². The third kappa shape index (κ3) is 5.25. The van der Waals surface area contributed by atoms with Crippen molar-refractivity contribution in [3.8, 4) is 0 Å². The van der Waals surface area contributed by atoms with Crippen molar-refractivity contribution in [2.45, 2.75) is 32.8 Å². The van der Waals surface area contributed by atoms with Gasteiger partial charge in [-0.05, 0) is 55.7 Å². The van der Waals surface area contributed by atoms with E-state index < -0.39 is 0 Å². The average molecular weight is 442 g/mol. The SMILES string of the molecule is Cc1cc(Cc2cccc(Cl)c2)cc([C@H]2CN(C(=O)Cc3csc(C)n3)CCO2)n1. The van der Waals surface area contributed by atoms with Crippen LogP contribution >= 0.6 is 22.9 Å². The zero-order valence-electron chi connectivity index (χ0n) is 17.1. The van der Waals surface area contributed by atoms with E-state index in [1.54, 1.807) is 11.3 Å². The summed E-state index contributed by atoms with van der Waals surface area (Å²) in [6, 6.07) is 12.1. The number of nitrogens with zero attached hydrogens (tertiary/aromatic N) is 3. The monoisotopic (exact) mass is 441 g/mol. The molecule has 0 radical (unpaired) electrons. The molecule has 1 fully saturated rings. The van der Waals surface area contributed by atoms with Crippen molar-refractivity contribution in [1.29, 1.82) is 0 Å². The van der Waals surface area contributed by atoms with Gasteiger partial charge in [-0.25, -0.2) is 4.98 Å². The number of rotatable bonds is 5. The highest BCUT2D eigenvalue weighted by molar-refractivity contribution is 7.09. The number of carbonyl (C=O) groups excluding carboxylic acids is 1. The van der Waals surface area contributed by atoms with Crippen LogP contribution in [-0.2, 0) is 22.4 Å². The minimum absolute atomic E-state index is 0.0837. The number of ether oxygens (including phenoxy) is 1. The molecule has 3 heterocycles. The minimum atomic E-state index is -0.224. The molecule has 156 valence electrons. The largest absolute Gasteiger partial charge is 0.368 e. The van der Waals surface area contributed by atoms with Crippen LogP contribution in [0, 0.1) is 13.8 Å². The minimum Gasteiger partial charge on any atom is -0.368 e. The molecule has 1 atom stereocenters. The standard InChI is InChI=1S/C23H24ClN3O2S/c1-15-8-18(9-17-4-3-5-19(24)10-17)11-21(25-15)22-13-27(6-7-29-22)23(28)12-20-14-30-16(2)26-20/h3-5,8,10-11,14,22H,6-7,9,12-13H2,1-2H3/t22-/m1/s1. The van der Waals surface area contributed by atoms with Crippen molar-refractivity contribution < 1.29 is 9.53 Å². The number of benzene rings is 1. The molecule has 1 saturated heterocycles. The van der Waals surface area contributed by atoms with E-state index in [0.29, 0.717) is 26.1 Å². The van der Waals surface area contributed by atoms with Gasteiger partial charge in [-0.2, -0.15) is 0 Å². The maximum Gasteiger partial charge on any atom is 0.228 e. The number of hydrogen-bond acceptors (Lipinski definition) is 5. The summed E-state index contributed by atoms with van der Waals surface area (Å²) in [5.74, 6) is 0.0837. The number of aromatic nitrogens is 2. The number of hydrogen-bond donors (Lipinski definition) is 0. The Labute approximate surface area is 185 Å². The molecule has 30 heavy (non-hydrogen) atoms. The first-order chi connectivity index (χ1) is 14.5. The second-order valence-electron chi connectivity index (χ2n) is 7.58. The Morgan fingerprint density at radius 3 is 2.87 bits per heavy atom. The molecule has 3 aromatic rings. The van der Waals surface area contributed by atoms with Crippen molar-refractivity contribution in [2.24, 2.45) is 0 Å². The molecular weight excluding hydrogens is 418 g/mol. The number of morpholine rings is 1. The van der Waals surface area contributed by atoms with Crippen LogP contribution in [0.1, 0.15) is 39.3 Å². The Morgan fingerprint density at radius 1 is 1.23 bits per heavy atom. The van der Waals surface area contributed by atoms with Gasteiger partial charge in [-0.15, -0.1) is 11.3 Å². The van der Waals surface area contributed by atoms with E-state index >= 15 is 0 Å². The molecule has 1 aliphatic heterocycles. The summed E-state index contributed by atoms with van der Waals surface area (Å²) >= 11 is 7.70. The van der Waals surface area contributed by atoms with Crippen LogP contribution in [-0.4, -0.2) is 40.5 Å². The number of carbonyl (C=O) groups is 1. The Kier molecular flexibility index (Phi) is 6.46. The number of thiazole rings is 1. The zero-order valence-corrected chi connectivity index (χ0v) is 18.7. The van der Waals surface area contributed by atoms with Crippen LogP contribution in [0.5, 0.6) is 0 Å². The third-order valence-electron chi connectivity index (χ3n) is 5.08. The highest BCUT2D eigenvalue weighted by atomic mass is 35.5. The summed E-state index contributed by atoms with van der Waals surface area (Å²) in [4.78, 5) is 23.7. The second-order valence-corrected chi connectivity index (χ2v) is 9.08. The van der Waals surface area contributed by atoms with E-state index in [1.807, 2.05) is 42.3 Å². The first-order valence-electron chi connectivity index (χ1n) is 9.98. The van der Waals surface area contributed by atoms with Crippen molar-refractivity contribution in [3.05, 3.63) is 80.0 Å². The fourth-order valence-corrected chi connectivity index (χ4v) is 4.55. The summed E-state index contributed by atoms with van der Waals surface area (Å²) in [6.45, 7) is 5.55. The Morgan fingerprint density at radius 2 is 2.10 bits per heavy atom. The van der Waals surface area contributed by atoms with Gasteiger partial charge in [0.05, 0.1) is 36.0 Å². The molecule has 0 saturated carbocycles. The summed E-state index contributed by atoms with van der Waals surface area (Å²) < 4.78 is 5.99. The molecule has 1 aromatic carbocycles. The van der Waals surface area contributed by atoms with E-state index in [0.717, 1.165) is 44.7 Å². The molecular formula is C23H24ClN3O2S. The maximum atomic E-state index is 12.8. The summed E-state index contributed by atoms with van der Waals surface area (Å²) in [5.41, 5.74) is 4.95. The first kappa shape index (κ1) is 21.0. The maximum absolute atomic E-state index is 12.8. The van der Waals surface area contributed by atoms with Crippen molar-refractivity contribution >= 4 is 28.8 Å². The molecule has 0 bridgehead atoms. The molecule has 0 spiro atoms. The van der Waals surface area contributed by atoms with Gasteiger partial charge < -0.3 is 9.64 Å². The molecule has 0 unspecified atom stereocenters. The van der Waals surface area contributed by atoms with Crippen molar-refractivity contribution in [1.82, 2.24) is 14.9 Å². The van der Waals surface area contributed by atoms with E-state index in [1.165, 1.54) is 0 Å². The first-order valence-corrected chi connectivity index (χ1v) is 11.2. The molecule has 0 aliphatic carbocycles. The van der Waals surface area contributed by atoms with Gasteiger partial charge in [0.15, 0.2) is 0 Å². The van der Waals surface area contributed by atoms with E-state index in [9.17, 15) is 4.79 Å². The van der Waals surface area contributed by atoms with Gasteiger partial charge in [-0.3, -0.25) is 9.78 Å². The van der Waals surface area contributed by atoms with Crippen LogP contribution in [0.4, 0.5) is 0 Å². The van der Waals surface area contributed by atoms with Crippen LogP contribution in [0.2, 0.25) is 5.02 Å².